The van der Waals surface area contributed by atoms with E-state index in [1.165, 1.54) is 0 Å². The second kappa shape index (κ2) is 4.94. The summed E-state index contributed by atoms with van der Waals surface area (Å²) in [7, 11) is 1.98. The molecule has 0 aromatic carbocycles. The highest BCUT2D eigenvalue weighted by atomic mass is 16.5. The number of nitrogens with zero attached hydrogens (tertiary/aromatic N) is 3. The molecule has 0 atom stereocenters. The van der Waals surface area contributed by atoms with Crippen molar-refractivity contribution in [1.82, 2.24) is 15.0 Å². The molecule has 0 aliphatic heterocycles. The summed E-state index contributed by atoms with van der Waals surface area (Å²) in [6.45, 7) is 4.17. The highest BCUT2D eigenvalue weighted by Crippen LogP contribution is 2.00. The van der Waals surface area contributed by atoms with E-state index in [1.54, 1.807) is 0 Å². The molecular formula is C8H16N4O. The lowest BCUT2D eigenvalue weighted by molar-refractivity contribution is 0.314. The van der Waals surface area contributed by atoms with E-state index in [1.807, 2.05) is 14.0 Å². The lowest BCUT2D eigenvalue weighted by atomic mass is 10.4. The van der Waals surface area contributed by atoms with Crippen LogP contribution in [0.5, 0.6) is 0 Å². The Hall–Kier alpha value is -0.940. The van der Waals surface area contributed by atoms with Crippen LogP contribution < -0.4 is 5.73 Å². The van der Waals surface area contributed by atoms with E-state index in [-0.39, 0.29) is 0 Å². The molecule has 0 fully saturated rings. The van der Waals surface area contributed by atoms with Gasteiger partial charge in [0.05, 0.1) is 6.54 Å². The quantitative estimate of drug-likeness (QED) is 0.698. The molecule has 13 heavy (non-hydrogen) atoms. The molecule has 0 radical (unpaired) electrons. The van der Waals surface area contributed by atoms with Crippen molar-refractivity contribution in [3.8, 4) is 0 Å². The van der Waals surface area contributed by atoms with Crippen LogP contribution in [-0.2, 0) is 13.0 Å². The predicted octanol–water partition coefficient (Wildman–Crippen LogP) is 0.0225. The maximum absolute atomic E-state index is 5.41. The second-order valence-electron chi connectivity index (χ2n) is 2.98. The Morgan fingerprint density at radius 2 is 2.31 bits per heavy atom. The normalized spacial score (nSPS) is 11.1. The lowest BCUT2D eigenvalue weighted by Gasteiger charge is -2.11. The standard InChI is InChI=1S/C8H16N4O/c1-3-8-10-7(11-13-8)6-12(2)5-4-9/h3-6,9H2,1-2H3. The third kappa shape index (κ3) is 3.12. The summed E-state index contributed by atoms with van der Waals surface area (Å²) in [6, 6.07) is 0. The fourth-order valence-electron chi connectivity index (χ4n) is 1.04. The minimum atomic E-state index is 0.648. The Balaban J connectivity index is 2.44. The first-order valence-corrected chi connectivity index (χ1v) is 4.46. The Labute approximate surface area is 77.9 Å². The molecule has 1 heterocycles. The van der Waals surface area contributed by atoms with Crippen LogP contribution in [0.15, 0.2) is 4.52 Å². The zero-order chi connectivity index (χ0) is 9.68. The molecule has 1 aromatic rings. The van der Waals surface area contributed by atoms with E-state index in [0.717, 1.165) is 18.8 Å². The molecule has 0 saturated carbocycles. The summed E-state index contributed by atoms with van der Waals surface area (Å²) >= 11 is 0. The molecule has 0 aliphatic carbocycles. The maximum Gasteiger partial charge on any atom is 0.226 e. The van der Waals surface area contributed by atoms with E-state index in [0.29, 0.717) is 19.0 Å². The number of hydrogen-bond donors (Lipinski definition) is 1. The topological polar surface area (TPSA) is 68.2 Å². The van der Waals surface area contributed by atoms with Gasteiger partial charge in [-0.3, -0.25) is 4.90 Å². The summed E-state index contributed by atoms with van der Waals surface area (Å²) in [5, 5.41) is 3.84. The Bertz CT molecular complexity index is 248. The second-order valence-corrected chi connectivity index (χ2v) is 2.98. The van der Waals surface area contributed by atoms with Crippen LogP contribution in [0, 0.1) is 0 Å². The minimum Gasteiger partial charge on any atom is -0.339 e. The van der Waals surface area contributed by atoms with Gasteiger partial charge in [-0.1, -0.05) is 12.1 Å². The zero-order valence-electron chi connectivity index (χ0n) is 8.16. The Morgan fingerprint density at radius 3 is 2.85 bits per heavy atom. The molecular weight excluding hydrogens is 168 g/mol. The van der Waals surface area contributed by atoms with Crippen molar-refractivity contribution in [2.75, 3.05) is 20.1 Å². The number of aromatic nitrogens is 2. The fraction of sp³-hybridized carbons (Fsp3) is 0.750. The molecule has 2 N–H and O–H groups in total. The van der Waals surface area contributed by atoms with Gasteiger partial charge in [-0.15, -0.1) is 0 Å². The number of likely N-dealkylation sites (N-methyl/N-ethyl adjacent to an activating group) is 1. The van der Waals surface area contributed by atoms with Gasteiger partial charge in [0.25, 0.3) is 0 Å². The summed E-state index contributed by atoms with van der Waals surface area (Å²) in [6.07, 6.45) is 0.785. The monoisotopic (exact) mass is 184 g/mol. The van der Waals surface area contributed by atoms with Crippen molar-refractivity contribution in [2.24, 2.45) is 5.73 Å². The maximum atomic E-state index is 5.41. The zero-order valence-corrected chi connectivity index (χ0v) is 8.16. The smallest absolute Gasteiger partial charge is 0.226 e. The average molecular weight is 184 g/mol. The van der Waals surface area contributed by atoms with Crippen LogP contribution in [0.3, 0.4) is 0 Å². The Morgan fingerprint density at radius 1 is 1.54 bits per heavy atom. The molecule has 0 saturated heterocycles. The van der Waals surface area contributed by atoms with Crippen molar-refractivity contribution in [1.29, 1.82) is 0 Å². The fourth-order valence-corrected chi connectivity index (χ4v) is 1.04. The van der Waals surface area contributed by atoms with Crippen LogP contribution >= 0.6 is 0 Å². The van der Waals surface area contributed by atoms with Gasteiger partial charge in [0.15, 0.2) is 5.82 Å². The van der Waals surface area contributed by atoms with Gasteiger partial charge in [-0.2, -0.15) is 4.98 Å². The number of hydrogen-bond acceptors (Lipinski definition) is 5. The largest absolute Gasteiger partial charge is 0.339 e. The van der Waals surface area contributed by atoms with Gasteiger partial charge < -0.3 is 10.3 Å². The number of aryl methyl sites for hydroxylation is 1. The molecule has 0 aliphatic rings. The van der Waals surface area contributed by atoms with Crippen LogP contribution in [0.4, 0.5) is 0 Å². The molecule has 0 bridgehead atoms. The van der Waals surface area contributed by atoms with Crippen molar-refractivity contribution in [2.45, 2.75) is 19.9 Å². The van der Waals surface area contributed by atoms with E-state index in [4.69, 9.17) is 10.3 Å². The molecule has 0 amide bonds. The summed E-state index contributed by atoms with van der Waals surface area (Å²) in [5.74, 6) is 1.42. The number of rotatable bonds is 5. The number of nitrogens with two attached hydrogens (primary N) is 1. The molecule has 0 unspecified atom stereocenters. The molecule has 0 spiro atoms. The van der Waals surface area contributed by atoms with E-state index in [2.05, 4.69) is 15.0 Å². The van der Waals surface area contributed by atoms with Gasteiger partial charge in [0.1, 0.15) is 0 Å². The minimum absolute atomic E-state index is 0.648. The van der Waals surface area contributed by atoms with Crippen LogP contribution in [0.2, 0.25) is 0 Å². The van der Waals surface area contributed by atoms with Gasteiger partial charge in [0, 0.05) is 19.5 Å². The van der Waals surface area contributed by atoms with Crippen molar-refractivity contribution < 1.29 is 4.52 Å². The highest BCUT2D eigenvalue weighted by molar-refractivity contribution is 4.85. The predicted molar refractivity (Wildman–Crippen MR) is 49.1 cm³/mol. The molecule has 5 nitrogen and oxygen atoms in total. The average Bonchev–Trinajstić information content (AvgIpc) is 2.52. The molecule has 5 heteroatoms. The van der Waals surface area contributed by atoms with Gasteiger partial charge in [-0.05, 0) is 7.05 Å². The molecule has 1 aromatic heterocycles. The molecule has 1 rings (SSSR count). The first-order valence-electron chi connectivity index (χ1n) is 4.46. The Kier molecular flexibility index (Phi) is 3.85. The van der Waals surface area contributed by atoms with Gasteiger partial charge in [0.2, 0.25) is 5.89 Å². The van der Waals surface area contributed by atoms with E-state index in [9.17, 15) is 0 Å². The van der Waals surface area contributed by atoms with Crippen molar-refractivity contribution in [3.05, 3.63) is 11.7 Å². The van der Waals surface area contributed by atoms with E-state index < -0.39 is 0 Å². The van der Waals surface area contributed by atoms with Crippen molar-refractivity contribution >= 4 is 0 Å². The first kappa shape index (κ1) is 10.1. The third-order valence-corrected chi connectivity index (χ3v) is 1.73. The first-order chi connectivity index (χ1) is 6.26. The summed E-state index contributed by atoms with van der Waals surface area (Å²) in [4.78, 5) is 6.25. The lowest BCUT2D eigenvalue weighted by Crippen LogP contribution is -2.25. The molecule has 74 valence electrons. The van der Waals surface area contributed by atoms with Crippen LogP contribution in [0.25, 0.3) is 0 Å². The summed E-state index contributed by atoms with van der Waals surface area (Å²) in [5.41, 5.74) is 5.41. The summed E-state index contributed by atoms with van der Waals surface area (Å²) < 4.78 is 4.97. The van der Waals surface area contributed by atoms with Gasteiger partial charge >= 0.3 is 0 Å². The van der Waals surface area contributed by atoms with Crippen molar-refractivity contribution in [3.63, 3.8) is 0 Å². The van der Waals surface area contributed by atoms with Crippen LogP contribution in [0.1, 0.15) is 18.6 Å². The third-order valence-electron chi connectivity index (χ3n) is 1.73. The SMILES string of the molecule is CCc1nc(CN(C)CCN)no1. The van der Waals surface area contributed by atoms with E-state index >= 15 is 0 Å². The highest BCUT2D eigenvalue weighted by Gasteiger charge is 2.06. The van der Waals surface area contributed by atoms with Gasteiger partial charge in [-0.25, -0.2) is 0 Å². The van der Waals surface area contributed by atoms with Crippen LogP contribution in [-0.4, -0.2) is 35.2 Å².